The fraction of sp³-hybridized carbons (Fsp3) is 0.500. The molecule has 0 radical (unpaired) electrons. The maximum Gasteiger partial charge on any atom is 0.419 e. The third kappa shape index (κ3) is 3.39. The zero-order valence-electron chi connectivity index (χ0n) is 11.1. The number of amides is 1. The molecular weight excluding hydrogens is 354 g/mol. The van der Waals surface area contributed by atoms with Gasteiger partial charge in [0.15, 0.2) is 0 Å². The second-order valence-electron chi connectivity index (χ2n) is 5.24. The molecule has 0 saturated heterocycles. The summed E-state index contributed by atoms with van der Waals surface area (Å²) in [6.07, 6.45) is -1.51. The Hall–Kier alpha value is -1.11. The topological polar surface area (TPSA) is 29.1 Å². The molecule has 1 aromatic rings. The molecule has 0 atom stereocenters. The van der Waals surface area contributed by atoms with Gasteiger partial charge in [-0.25, -0.2) is 4.39 Å². The number of hydrogen-bond acceptors (Lipinski definition) is 1. The minimum absolute atomic E-state index is 0.492. The van der Waals surface area contributed by atoms with Crippen LogP contribution in [0.5, 0.6) is 0 Å². The lowest BCUT2D eigenvalue weighted by Crippen LogP contribution is -2.48. The summed E-state index contributed by atoms with van der Waals surface area (Å²) in [5.41, 5.74) is -2.50. The van der Waals surface area contributed by atoms with Gasteiger partial charge in [0.25, 0.3) is 5.91 Å². The second kappa shape index (κ2) is 5.94. The molecule has 21 heavy (non-hydrogen) atoms. The first kappa shape index (κ1) is 16.3. The SMILES string of the molecule is O=C(NC1(CBr)CCCC1)c1cccc(C(F)(F)F)c1F. The van der Waals surface area contributed by atoms with Gasteiger partial charge < -0.3 is 5.32 Å². The van der Waals surface area contributed by atoms with Crippen molar-refractivity contribution in [2.24, 2.45) is 0 Å². The van der Waals surface area contributed by atoms with Gasteiger partial charge in [0, 0.05) is 5.33 Å². The third-order valence-corrected chi connectivity index (χ3v) is 4.82. The predicted molar refractivity (Wildman–Crippen MR) is 73.9 cm³/mol. The van der Waals surface area contributed by atoms with Gasteiger partial charge in [0.1, 0.15) is 5.82 Å². The van der Waals surface area contributed by atoms with E-state index in [4.69, 9.17) is 0 Å². The summed E-state index contributed by atoms with van der Waals surface area (Å²) < 4.78 is 51.9. The molecule has 0 heterocycles. The lowest BCUT2D eigenvalue weighted by atomic mass is 9.99. The van der Waals surface area contributed by atoms with E-state index in [9.17, 15) is 22.4 Å². The first-order valence-corrected chi connectivity index (χ1v) is 7.65. The van der Waals surface area contributed by atoms with Gasteiger partial charge in [0.05, 0.1) is 16.7 Å². The Morgan fingerprint density at radius 3 is 2.43 bits per heavy atom. The van der Waals surface area contributed by atoms with Crippen LogP contribution in [0.1, 0.15) is 41.6 Å². The molecule has 1 N–H and O–H groups in total. The Morgan fingerprint density at radius 1 is 1.29 bits per heavy atom. The van der Waals surface area contributed by atoms with Crippen LogP contribution in [0.4, 0.5) is 17.6 Å². The molecular formula is C14H14BrF4NO. The van der Waals surface area contributed by atoms with Crippen LogP contribution in [0.2, 0.25) is 0 Å². The van der Waals surface area contributed by atoms with Crippen LogP contribution < -0.4 is 5.32 Å². The van der Waals surface area contributed by atoms with Crippen molar-refractivity contribution in [3.05, 3.63) is 35.1 Å². The summed E-state index contributed by atoms with van der Waals surface area (Å²) in [5.74, 6) is -2.33. The number of carbonyl (C=O) groups is 1. The molecule has 1 aliphatic rings. The van der Waals surface area contributed by atoms with Gasteiger partial charge in [-0.15, -0.1) is 0 Å². The molecule has 1 amide bonds. The molecule has 1 aliphatic carbocycles. The first-order chi connectivity index (χ1) is 9.79. The van der Waals surface area contributed by atoms with Crippen molar-refractivity contribution < 1.29 is 22.4 Å². The summed E-state index contributed by atoms with van der Waals surface area (Å²) in [7, 11) is 0. The number of carbonyl (C=O) groups excluding carboxylic acids is 1. The van der Waals surface area contributed by atoms with Crippen molar-refractivity contribution in [2.45, 2.75) is 37.4 Å². The smallest absolute Gasteiger partial charge is 0.346 e. The Kier molecular flexibility index (Phi) is 4.60. The third-order valence-electron chi connectivity index (χ3n) is 3.74. The average molecular weight is 368 g/mol. The van der Waals surface area contributed by atoms with E-state index in [0.29, 0.717) is 11.4 Å². The molecule has 0 aliphatic heterocycles. The summed E-state index contributed by atoms with van der Waals surface area (Å²) in [6, 6.07) is 2.73. The number of alkyl halides is 4. The van der Waals surface area contributed by atoms with Crippen molar-refractivity contribution in [3.63, 3.8) is 0 Å². The summed E-state index contributed by atoms with van der Waals surface area (Å²) >= 11 is 3.31. The van der Waals surface area contributed by atoms with Crippen molar-refractivity contribution >= 4 is 21.8 Å². The van der Waals surface area contributed by atoms with E-state index in [1.54, 1.807) is 0 Å². The summed E-state index contributed by atoms with van der Waals surface area (Å²) in [5, 5.41) is 3.18. The van der Waals surface area contributed by atoms with Gasteiger partial charge in [-0.1, -0.05) is 34.8 Å². The Bertz CT molecular complexity index is 538. The van der Waals surface area contributed by atoms with Gasteiger partial charge in [-0.05, 0) is 25.0 Å². The molecule has 0 aromatic heterocycles. The van der Waals surface area contributed by atoms with E-state index in [1.165, 1.54) is 0 Å². The monoisotopic (exact) mass is 367 g/mol. The Balaban J connectivity index is 2.28. The van der Waals surface area contributed by atoms with Crippen LogP contribution in [-0.2, 0) is 6.18 Å². The molecule has 0 spiro atoms. The maximum atomic E-state index is 13.9. The van der Waals surface area contributed by atoms with E-state index in [-0.39, 0.29) is 0 Å². The van der Waals surface area contributed by atoms with Crippen LogP contribution in [0.25, 0.3) is 0 Å². The molecule has 2 nitrogen and oxygen atoms in total. The minimum atomic E-state index is -4.82. The molecule has 1 fully saturated rings. The zero-order valence-corrected chi connectivity index (χ0v) is 12.7. The molecule has 0 unspecified atom stereocenters. The number of benzene rings is 1. The van der Waals surface area contributed by atoms with E-state index in [0.717, 1.165) is 37.8 Å². The molecule has 0 bridgehead atoms. The van der Waals surface area contributed by atoms with Crippen molar-refractivity contribution in [1.82, 2.24) is 5.32 Å². The van der Waals surface area contributed by atoms with Crippen LogP contribution in [0.15, 0.2) is 18.2 Å². The predicted octanol–water partition coefficient (Wildman–Crippen LogP) is 4.28. The number of rotatable bonds is 3. The van der Waals surface area contributed by atoms with Crippen molar-refractivity contribution in [1.29, 1.82) is 0 Å². The zero-order chi connectivity index (χ0) is 15.7. The maximum absolute atomic E-state index is 13.9. The largest absolute Gasteiger partial charge is 0.419 e. The highest BCUT2D eigenvalue weighted by Crippen LogP contribution is 2.34. The van der Waals surface area contributed by atoms with Crippen molar-refractivity contribution in [2.75, 3.05) is 5.33 Å². The summed E-state index contributed by atoms with van der Waals surface area (Å²) in [4.78, 5) is 12.1. The number of halogens is 5. The molecule has 7 heteroatoms. The Morgan fingerprint density at radius 2 is 1.90 bits per heavy atom. The number of hydrogen-bond donors (Lipinski definition) is 1. The van der Waals surface area contributed by atoms with Crippen LogP contribution in [-0.4, -0.2) is 16.8 Å². The quantitative estimate of drug-likeness (QED) is 0.626. The standard InChI is InChI=1S/C14H14BrF4NO/c15-8-13(6-1-2-7-13)20-12(21)9-4-3-5-10(11(9)16)14(17,18)19/h3-5H,1-2,6-8H2,(H,20,21). The van der Waals surface area contributed by atoms with Crippen LogP contribution in [0, 0.1) is 5.82 Å². The van der Waals surface area contributed by atoms with Crippen LogP contribution in [0.3, 0.4) is 0 Å². The molecule has 1 saturated carbocycles. The van der Waals surface area contributed by atoms with E-state index < -0.39 is 34.6 Å². The van der Waals surface area contributed by atoms with Gasteiger partial charge in [0.2, 0.25) is 0 Å². The highest BCUT2D eigenvalue weighted by molar-refractivity contribution is 9.09. The fourth-order valence-corrected chi connectivity index (χ4v) is 3.28. The lowest BCUT2D eigenvalue weighted by Gasteiger charge is -2.28. The van der Waals surface area contributed by atoms with E-state index in [1.807, 2.05) is 0 Å². The minimum Gasteiger partial charge on any atom is -0.346 e. The molecule has 1 aromatic carbocycles. The highest BCUT2D eigenvalue weighted by atomic mass is 79.9. The first-order valence-electron chi connectivity index (χ1n) is 6.53. The van der Waals surface area contributed by atoms with Crippen molar-refractivity contribution in [3.8, 4) is 0 Å². The fourth-order valence-electron chi connectivity index (χ4n) is 2.58. The van der Waals surface area contributed by atoms with E-state index >= 15 is 0 Å². The lowest BCUT2D eigenvalue weighted by molar-refractivity contribution is -0.140. The average Bonchev–Trinajstić information content (AvgIpc) is 2.86. The highest BCUT2D eigenvalue weighted by Gasteiger charge is 2.38. The molecule has 2 rings (SSSR count). The number of nitrogens with one attached hydrogen (secondary N) is 1. The Labute approximate surface area is 128 Å². The van der Waals surface area contributed by atoms with E-state index in [2.05, 4.69) is 21.2 Å². The normalized spacial score (nSPS) is 17.8. The van der Waals surface area contributed by atoms with Gasteiger partial charge in [-0.3, -0.25) is 4.79 Å². The van der Waals surface area contributed by atoms with Crippen LogP contribution >= 0.6 is 15.9 Å². The summed E-state index contributed by atoms with van der Waals surface area (Å²) in [6.45, 7) is 0. The van der Waals surface area contributed by atoms with Gasteiger partial charge in [-0.2, -0.15) is 13.2 Å². The molecule has 116 valence electrons. The van der Waals surface area contributed by atoms with Gasteiger partial charge >= 0.3 is 6.18 Å². The second-order valence-corrected chi connectivity index (χ2v) is 5.80.